The molecule has 0 aromatic carbocycles. The maximum absolute atomic E-state index is 9.34. The fourth-order valence-electron chi connectivity index (χ4n) is 0.880. The maximum Gasteiger partial charge on any atom is 0.339 e. The van der Waals surface area contributed by atoms with Crippen LogP contribution in [-0.2, 0) is 14.4 Å². The molecule has 5 N–H and O–H groups in total. The number of aliphatic hydroxyl groups is 4. The number of aliphatic hydroxyl groups excluding tert-OH is 4. The van der Waals surface area contributed by atoms with Crippen LogP contribution in [0.4, 0.5) is 0 Å². The molecule has 0 aromatic rings. The van der Waals surface area contributed by atoms with Gasteiger partial charge in [-0.05, 0) is 0 Å². The molecule has 0 spiro atoms. The molecule has 1 rings (SSSR count). The highest BCUT2D eigenvalue weighted by Crippen LogP contribution is 2.18. The van der Waals surface area contributed by atoms with Crippen molar-refractivity contribution in [2.75, 3.05) is 6.61 Å². The fraction of sp³-hybridized carbons (Fsp3) is 0.857. The van der Waals surface area contributed by atoms with Crippen LogP contribution in [0.5, 0.6) is 0 Å². The van der Waals surface area contributed by atoms with Crippen molar-refractivity contribution in [2.24, 2.45) is 0 Å². The molecule has 1 heterocycles. The molecule has 0 amide bonds. The number of rotatable bonds is 1. The standard InChI is InChI=1S/C5H10O5.C2H4O3/c6-1-2-3(7)4(8)5(9)10-2;1-2(3)5-4/h2-9H,1H2;4H,1H3/t2-,3-,4-,5-;/m1./s1. The van der Waals surface area contributed by atoms with Gasteiger partial charge in [0.25, 0.3) is 0 Å². The summed E-state index contributed by atoms with van der Waals surface area (Å²) in [7, 11) is 0. The second-order valence-electron chi connectivity index (χ2n) is 2.81. The number of hydrogen-bond acceptors (Lipinski definition) is 8. The van der Waals surface area contributed by atoms with Crippen molar-refractivity contribution in [3.63, 3.8) is 0 Å². The zero-order valence-corrected chi connectivity index (χ0v) is 7.98. The van der Waals surface area contributed by atoms with Crippen molar-refractivity contribution >= 4 is 5.97 Å². The Labute approximate surface area is 85.2 Å². The minimum atomic E-state index is -1.38. The summed E-state index contributed by atoms with van der Waals surface area (Å²) >= 11 is 0. The lowest BCUT2D eigenvalue weighted by Gasteiger charge is -2.09. The lowest BCUT2D eigenvalue weighted by atomic mass is 10.1. The molecule has 1 aliphatic heterocycles. The monoisotopic (exact) mass is 226 g/mol. The average molecular weight is 226 g/mol. The quantitative estimate of drug-likeness (QED) is 0.243. The van der Waals surface area contributed by atoms with Gasteiger partial charge in [0.1, 0.15) is 18.3 Å². The SMILES string of the molecule is CC(=O)OO.OC[C@H]1O[C@@H](O)[C@H](O)[C@@H]1O. The van der Waals surface area contributed by atoms with Gasteiger partial charge in [0.05, 0.1) is 6.61 Å². The van der Waals surface area contributed by atoms with Gasteiger partial charge in [0.2, 0.25) is 0 Å². The van der Waals surface area contributed by atoms with E-state index in [0.717, 1.165) is 6.92 Å². The van der Waals surface area contributed by atoms with E-state index < -0.39 is 37.2 Å². The Morgan fingerprint density at radius 2 is 1.80 bits per heavy atom. The minimum absolute atomic E-state index is 0.407. The van der Waals surface area contributed by atoms with E-state index in [2.05, 4.69) is 9.62 Å². The van der Waals surface area contributed by atoms with Crippen molar-refractivity contribution < 1.29 is 40.1 Å². The molecule has 8 nitrogen and oxygen atoms in total. The van der Waals surface area contributed by atoms with Crippen LogP contribution in [-0.4, -0.2) is 62.9 Å². The van der Waals surface area contributed by atoms with Crippen molar-refractivity contribution in [2.45, 2.75) is 31.5 Å². The Balaban J connectivity index is 0.000000336. The van der Waals surface area contributed by atoms with E-state index in [4.69, 9.17) is 25.7 Å². The summed E-state index contributed by atoms with van der Waals surface area (Å²) < 4.78 is 4.54. The Morgan fingerprint density at radius 3 is 1.93 bits per heavy atom. The summed E-state index contributed by atoms with van der Waals surface area (Å²) in [6.07, 6.45) is -4.76. The maximum atomic E-state index is 9.34. The lowest BCUT2D eigenvalue weighted by Crippen LogP contribution is -2.33. The van der Waals surface area contributed by atoms with E-state index >= 15 is 0 Å². The van der Waals surface area contributed by atoms with Gasteiger partial charge in [0.15, 0.2) is 6.29 Å². The van der Waals surface area contributed by atoms with Crippen LogP contribution in [0.2, 0.25) is 0 Å². The van der Waals surface area contributed by atoms with E-state index in [1.165, 1.54) is 0 Å². The van der Waals surface area contributed by atoms with Crippen molar-refractivity contribution in [1.82, 2.24) is 0 Å². The first-order chi connectivity index (χ1) is 6.93. The summed E-state index contributed by atoms with van der Waals surface area (Å²) in [6, 6.07) is 0. The number of carbonyl (C=O) groups excluding carboxylic acids is 1. The third-order valence-electron chi connectivity index (χ3n) is 1.65. The van der Waals surface area contributed by atoms with Gasteiger partial charge in [-0.2, -0.15) is 5.26 Å². The topological polar surface area (TPSA) is 137 Å². The van der Waals surface area contributed by atoms with E-state index in [0.29, 0.717) is 0 Å². The first kappa shape index (κ1) is 14.2. The Morgan fingerprint density at radius 1 is 1.33 bits per heavy atom. The molecular formula is C7H14O8. The number of ether oxygens (including phenoxy) is 1. The smallest absolute Gasteiger partial charge is 0.339 e. The molecule has 8 heteroatoms. The molecule has 1 fully saturated rings. The predicted octanol–water partition coefficient (Wildman–Crippen LogP) is -2.56. The van der Waals surface area contributed by atoms with Crippen LogP contribution in [0.25, 0.3) is 0 Å². The van der Waals surface area contributed by atoms with Crippen LogP contribution < -0.4 is 0 Å². The lowest BCUT2D eigenvalue weighted by molar-refractivity contribution is -0.231. The van der Waals surface area contributed by atoms with Gasteiger partial charge in [-0.15, -0.1) is 0 Å². The molecule has 0 saturated carbocycles. The molecule has 0 bridgehead atoms. The van der Waals surface area contributed by atoms with Crippen LogP contribution >= 0.6 is 0 Å². The van der Waals surface area contributed by atoms with Crippen LogP contribution in [0.15, 0.2) is 0 Å². The number of carbonyl (C=O) groups is 1. The zero-order chi connectivity index (χ0) is 12.0. The molecule has 1 saturated heterocycles. The fourth-order valence-corrected chi connectivity index (χ4v) is 0.880. The molecule has 15 heavy (non-hydrogen) atoms. The second-order valence-corrected chi connectivity index (χ2v) is 2.81. The first-order valence-corrected chi connectivity index (χ1v) is 4.06. The van der Waals surface area contributed by atoms with E-state index in [9.17, 15) is 4.79 Å². The van der Waals surface area contributed by atoms with Gasteiger partial charge in [-0.25, -0.2) is 4.79 Å². The molecule has 1 aliphatic rings. The summed E-state index contributed by atoms with van der Waals surface area (Å²) in [5.41, 5.74) is 0. The van der Waals surface area contributed by atoms with Crippen molar-refractivity contribution in [1.29, 1.82) is 0 Å². The normalized spacial score (nSPS) is 34.3. The van der Waals surface area contributed by atoms with E-state index in [1.807, 2.05) is 0 Å². The summed E-state index contributed by atoms with van der Waals surface area (Å²) in [5.74, 6) is -0.690. The van der Waals surface area contributed by atoms with Crippen LogP contribution in [0.3, 0.4) is 0 Å². The van der Waals surface area contributed by atoms with Crippen LogP contribution in [0.1, 0.15) is 6.92 Å². The zero-order valence-electron chi connectivity index (χ0n) is 7.98. The Hall–Kier alpha value is -0.770. The van der Waals surface area contributed by atoms with Gasteiger partial charge in [-0.1, -0.05) is 0 Å². The van der Waals surface area contributed by atoms with Gasteiger partial charge in [-0.3, -0.25) is 0 Å². The van der Waals surface area contributed by atoms with Crippen molar-refractivity contribution in [3.05, 3.63) is 0 Å². The highest BCUT2D eigenvalue weighted by Gasteiger charge is 2.41. The first-order valence-electron chi connectivity index (χ1n) is 4.06. The summed E-state index contributed by atoms with van der Waals surface area (Å²) in [5, 5.41) is 42.2. The third kappa shape index (κ3) is 4.51. The van der Waals surface area contributed by atoms with Crippen molar-refractivity contribution in [3.8, 4) is 0 Å². The van der Waals surface area contributed by atoms with E-state index in [1.54, 1.807) is 0 Å². The molecule has 0 aliphatic carbocycles. The summed E-state index contributed by atoms with van der Waals surface area (Å²) in [4.78, 5) is 12.5. The molecule has 0 unspecified atom stereocenters. The van der Waals surface area contributed by atoms with Gasteiger partial charge >= 0.3 is 5.97 Å². The minimum Gasteiger partial charge on any atom is -0.394 e. The third-order valence-corrected chi connectivity index (χ3v) is 1.65. The van der Waals surface area contributed by atoms with Crippen LogP contribution in [0, 0.1) is 0 Å². The molecule has 90 valence electrons. The highest BCUT2D eigenvalue weighted by atomic mass is 17.1. The predicted molar refractivity (Wildman–Crippen MR) is 44.4 cm³/mol. The summed E-state index contributed by atoms with van der Waals surface area (Å²) in [6.45, 7) is 0.704. The van der Waals surface area contributed by atoms with E-state index in [-0.39, 0.29) is 0 Å². The average Bonchev–Trinajstić information content (AvgIpc) is 2.46. The Bertz CT molecular complexity index is 195. The molecule has 4 atom stereocenters. The molecule has 0 aromatic heterocycles. The molecule has 0 radical (unpaired) electrons. The number of hydrogen-bond donors (Lipinski definition) is 5. The largest absolute Gasteiger partial charge is 0.394 e. The highest BCUT2D eigenvalue weighted by molar-refractivity contribution is 5.64. The second kappa shape index (κ2) is 6.67. The molecular weight excluding hydrogens is 212 g/mol. The van der Waals surface area contributed by atoms with Gasteiger partial charge < -0.3 is 30.1 Å². The Kier molecular flexibility index (Phi) is 6.32. The van der Waals surface area contributed by atoms with Gasteiger partial charge in [0, 0.05) is 6.92 Å².